The highest BCUT2D eigenvalue weighted by Gasteiger charge is 2.23. The number of carbonyl (C=O) groups excluding carboxylic acids is 1. The number of carbonyl (C=O) groups is 1. The van der Waals surface area contributed by atoms with E-state index in [1.54, 1.807) is 14.2 Å². The number of nitrogens with one attached hydrogen (secondary N) is 1. The van der Waals surface area contributed by atoms with Gasteiger partial charge in [0.05, 0.1) is 25.3 Å². The van der Waals surface area contributed by atoms with Crippen LogP contribution in [0.2, 0.25) is 0 Å². The van der Waals surface area contributed by atoms with Crippen LogP contribution in [0, 0.1) is 0 Å². The first kappa shape index (κ1) is 30.2. The monoisotopic (exact) mass is 559 g/mol. The Labute approximate surface area is 243 Å². The molecule has 0 radical (unpaired) electrons. The van der Waals surface area contributed by atoms with Gasteiger partial charge in [0.1, 0.15) is 16.9 Å². The second-order valence-corrected chi connectivity index (χ2v) is 10.7. The second kappa shape index (κ2) is 15.3. The van der Waals surface area contributed by atoms with Gasteiger partial charge in [-0.3, -0.25) is 4.79 Å². The summed E-state index contributed by atoms with van der Waals surface area (Å²) >= 11 is 0. The number of aromatic nitrogens is 3. The van der Waals surface area contributed by atoms with Crippen LogP contribution in [-0.4, -0.2) is 41.2 Å². The summed E-state index contributed by atoms with van der Waals surface area (Å²) in [6, 6.07) is 13.5. The zero-order chi connectivity index (χ0) is 29.0. The quantitative estimate of drug-likeness (QED) is 0.134. The fraction of sp³-hybridized carbons (Fsp3) is 0.485. The third kappa shape index (κ3) is 7.69. The Morgan fingerprint density at radius 2 is 1.49 bits per heavy atom. The molecule has 0 aliphatic carbocycles. The Balaban J connectivity index is 1.43. The third-order valence-corrected chi connectivity index (χ3v) is 7.70. The van der Waals surface area contributed by atoms with Gasteiger partial charge in [0.2, 0.25) is 0 Å². The maximum absolute atomic E-state index is 13.5. The van der Waals surface area contributed by atoms with Crippen LogP contribution in [0.3, 0.4) is 0 Å². The number of fused-ring (bicyclic) bond motifs is 2. The number of rotatable bonds is 17. The first-order chi connectivity index (χ1) is 20.1. The molecular formula is C33H45N5O3. The first-order valence-electron chi connectivity index (χ1n) is 15.1. The Morgan fingerprint density at radius 1 is 0.854 bits per heavy atom. The Kier molecular flexibility index (Phi) is 11.2. The smallest absolute Gasteiger partial charge is 0.257 e. The molecule has 2 aromatic carbocycles. The van der Waals surface area contributed by atoms with Gasteiger partial charge in [-0.15, -0.1) is 0 Å². The molecule has 3 N–H and O–H groups in total. The lowest BCUT2D eigenvalue weighted by Gasteiger charge is -2.10. The van der Waals surface area contributed by atoms with Crippen LogP contribution in [0.4, 0.5) is 5.82 Å². The second-order valence-electron chi connectivity index (χ2n) is 10.7. The molecule has 1 amide bonds. The van der Waals surface area contributed by atoms with E-state index in [0.717, 1.165) is 29.4 Å². The van der Waals surface area contributed by atoms with Crippen LogP contribution < -0.4 is 20.5 Å². The Hall–Kier alpha value is -3.81. The summed E-state index contributed by atoms with van der Waals surface area (Å²) in [6.07, 6.45) is 13.2. The van der Waals surface area contributed by atoms with Crippen molar-refractivity contribution in [3.05, 3.63) is 53.6 Å². The SMILES string of the molecule is CCCCCCCCCCCCn1c(N)c(C(=O)NCCc2ccc(OC)c(OC)c2)c2nc3ccccc3nc21. The molecule has 0 saturated carbocycles. The van der Waals surface area contributed by atoms with Crippen molar-refractivity contribution in [1.29, 1.82) is 0 Å². The van der Waals surface area contributed by atoms with Gasteiger partial charge in [-0.1, -0.05) is 82.9 Å². The highest BCUT2D eigenvalue weighted by molar-refractivity contribution is 6.10. The number of unbranched alkanes of at least 4 members (excludes halogenated alkanes) is 9. The highest BCUT2D eigenvalue weighted by Crippen LogP contribution is 2.29. The van der Waals surface area contributed by atoms with E-state index >= 15 is 0 Å². The molecule has 8 heteroatoms. The molecule has 0 bridgehead atoms. The van der Waals surface area contributed by atoms with Gasteiger partial charge in [0.15, 0.2) is 17.1 Å². The summed E-state index contributed by atoms with van der Waals surface area (Å²) in [5.74, 6) is 1.53. The lowest BCUT2D eigenvalue weighted by molar-refractivity contribution is 0.0956. The largest absolute Gasteiger partial charge is 0.493 e. The van der Waals surface area contributed by atoms with E-state index in [0.29, 0.717) is 53.6 Å². The molecule has 0 unspecified atom stereocenters. The van der Waals surface area contributed by atoms with Crippen molar-refractivity contribution >= 4 is 33.9 Å². The van der Waals surface area contributed by atoms with Crippen molar-refractivity contribution in [2.75, 3.05) is 26.5 Å². The minimum absolute atomic E-state index is 0.237. The van der Waals surface area contributed by atoms with Crippen LogP contribution in [0.25, 0.3) is 22.2 Å². The van der Waals surface area contributed by atoms with Crippen LogP contribution in [0.15, 0.2) is 42.5 Å². The minimum Gasteiger partial charge on any atom is -0.493 e. The predicted octanol–water partition coefficient (Wildman–Crippen LogP) is 7.08. The van der Waals surface area contributed by atoms with E-state index in [4.69, 9.17) is 25.2 Å². The van der Waals surface area contributed by atoms with Crippen molar-refractivity contribution < 1.29 is 14.3 Å². The van der Waals surface area contributed by atoms with Crippen LogP contribution in [0.1, 0.15) is 87.1 Å². The summed E-state index contributed by atoms with van der Waals surface area (Å²) in [5, 5.41) is 3.04. The average Bonchev–Trinajstić information content (AvgIpc) is 3.26. The lowest BCUT2D eigenvalue weighted by atomic mass is 10.1. The first-order valence-corrected chi connectivity index (χ1v) is 15.1. The summed E-state index contributed by atoms with van der Waals surface area (Å²) in [6.45, 7) is 3.41. The molecule has 0 spiro atoms. The molecule has 2 heterocycles. The number of amides is 1. The van der Waals surface area contributed by atoms with Crippen LogP contribution in [-0.2, 0) is 13.0 Å². The normalized spacial score (nSPS) is 11.3. The zero-order valence-corrected chi connectivity index (χ0v) is 24.9. The van der Waals surface area contributed by atoms with Gasteiger partial charge in [0.25, 0.3) is 5.91 Å². The number of hydrogen-bond donors (Lipinski definition) is 2. The number of hydrogen-bond acceptors (Lipinski definition) is 6. The molecule has 0 aliphatic rings. The zero-order valence-electron chi connectivity index (χ0n) is 24.9. The van der Waals surface area contributed by atoms with Crippen molar-refractivity contribution in [3.8, 4) is 11.5 Å². The highest BCUT2D eigenvalue weighted by atomic mass is 16.5. The maximum atomic E-state index is 13.5. The summed E-state index contributed by atoms with van der Waals surface area (Å²) in [7, 11) is 3.23. The minimum atomic E-state index is -0.237. The van der Waals surface area contributed by atoms with Gasteiger partial charge in [0, 0.05) is 13.1 Å². The predicted molar refractivity (Wildman–Crippen MR) is 167 cm³/mol. The van der Waals surface area contributed by atoms with Crippen molar-refractivity contribution in [1.82, 2.24) is 19.9 Å². The molecule has 0 saturated heterocycles. The molecule has 4 rings (SSSR count). The lowest BCUT2D eigenvalue weighted by Crippen LogP contribution is -2.26. The van der Waals surface area contributed by atoms with Gasteiger partial charge >= 0.3 is 0 Å². The summed E-state index contributed by atoms with van der Waals surface area (Å²) in [4.78, 5) is 23.2. The number of nitrogens with zero attached hydrogens (tertiary/aromatic N) is 3. The summed E-state index contributed by atoms with van der Waals surface area (Å²) in [5.41, 5.74) is 10.8. The standard InChI is InChI=1S/C33H45N5O3/c1-4-5-6-7-8-9-10-11-12-15-22-38-31(34)29(30-32(38)37-26-17-14-13-16-25(26)36-30)33(39)35-21-20-24-18-19-27(40-2)28(23-24)41-3/h13-14,16-19,23H,4-12,15,20-22,34H2,1-3H3,(H,35,39). The number of anilines is 1. The molecule has 2 aromatic heterocycles. The van der Waals surface area contributed by atoms with E-state index in [2.05, 4.69) is 12.2 Å². The van der Waals surface area contributed by atoms with Crippen LogP contribution >= 0.6 is 0 Å². The summed E-state index contributed by atoms with van der Waals surface area (Å²) < 4.78 is 12.7. The van der Waals surface area contributed by atoms with E-state index in [1.807, 2.05) is 47.0 Å². The molecule has 4 aromatic rings. The molecule has 0 atom stereocenters. The topological polar surface area (TPSA) is 104 Å². The molecule has 220 valence electrons. The van der Waals surface area contributed by atoms with Crippen LogP contribution in [0.5, 0.6) is 11.5 Å². The maximum Gasteiger partial charge on any atom is 0.257 e. The van der Waals surface area contributed by atoms with Gasteiger partial charge in [-0.05, 0) is 42.7 Å². The van der Waals surface area contributed by atoms with E-state index < -0.39 is 0 Å². The average molecular weight is 560 g/mol. The number of methoxy groups -OCH3 is 2. The number of benzene rings is 2. The fourth-order valence-electron chi connectivity index (χ4n) is 5.37. The third-order valence-electron chi connectivity index (χ3n) is 7.70. The number of para-hydroxylation sites is 2. The van der Waals surface area contributed by atoms with E-state index in [-0.39, 0.29) is 5.91 Å². The number of aryl methyl sites for hydroxylation is 1. The fourth-order valence-corrected chi connectivity index (χ4v) is 5.37. The molecule has 0 aliphatic heterocycles. The Morgan fingerprint density at radius 3 is 2.15 bits per heavy atom. The number of ether oxygens (including phenoxy) is 2. The molecular weight excluding hydrogens is 514 g/mol. The van der Waals surface area contributed by atoms with Gasteiger partial charge < -0.3 is 25.1 Å². The van der Waals surface area contributed by atoms with Crippen molar-refractivity contribution in [3.63, 3.8) is 0 Å². The van der Waals surface area contributed by atoms with E-state index in [9.17, 15) is 4.79 Å². The van der Waals surface area contributed by atoms with Crippen molar-refractivity contribution in [2.24, 2.45) is 0 Å². The van der Waals surface area contributed by atoms with Crippen molar-refractivity contribution in [2.45, 2.75) is 84.1 Å². The molecule has 41 heavy (non-hydrogen) atoms. The number of nitrogen functional groups attached to an aromatic ring is 1. The van der Waals surface area contributed by atoms with E-state index in [1.165, 1.54) is 51.4 Å². The Bertz CT molecular complexity index is 1430. The molecule has 8 nitrogen and oxygen atoms in total. The molecule has 0 fully saturated rings. The number of nitrogens with two attached hydrogens (primary N) is 1. The van der Waals surface area contributed by atoms with Gasteiger partial charge in [-0.2, -0.15) is 0 Å². The van der Waals surface area contributed by atoms with Gasteiger partial charge in [-0.25, -0.2) is 9.97 Å².